The van der Waals surface area contributed by atoms with Gasteiger partial charge in [-0.25, -0.2) is 4.98 Å². The minimum absolute atomic E-state index is 0.885. The first-order valence-corrected chi connectivity index (χ1v) is 15.2. The number of rotatable bonds is 4. The summed E-state index contributed by atoms with van der Waals surface area (Å²) in [5.74, 6) is 0. The summed E-state index contributed by atoms with van der Waals surface area (Å²) in [5.41, 5.74) is 11.2. The molecule has 46 heavy (non-hydrogen) atoms. The summed E-state index contributed by atoms with van der Waals surface area (Å²) in [6, 6.07) is 40.2. The minimum Gasteiger partial charge on any atom is -0.264 e. The zero-order valence-corrected chi connectivity index (χ0v) is 24.7. The monoisotopic (exact) mass is 587 g/mol. The summed E-state index contributed by atoms with van der Waals surface area (Å²) in [4.78, 5) is 23.8. The first kappa shape index (κ1) is 26.1. The Balaban J connectivity index is 1.36. The lowest BCUT2D eigenvalue weighted by molar-refractivity contribution is 1.32. The molecule has 0 bridgehead atoms. The highest BCUT2D eigenvalue weighted by molar-refractivity contribution is 6.32. The summed E-state index contributed by atoms with van der Waals surface area (Å²) in [6.07, 6.45) is 11.1. The van der Waals surface area contributed by atoms with E-state index in [-0.39, 0.29) is 0 Å². The van der Waals surface area contributed by atoms with Crippen LogP contribution in [0.4, 0.5) is 0 Å². The molecule has 0 saturated heterocycles. The molecule has 0 N–H and O–H groups in total. The van der Waals surface area contributed by atoms with Crippen molar-refractivity contribution < 1.29 is 0 Å². The Morgan fingerprint density at radius 2 is 0.935 bits per heavy atom. The molecule has 0 radical (unpaired) electrons. The van der Waals surface area contributed by atoms with Gasteiger partial charge in [0.1, 0.15) is 0 Å². The smallest absolute Gasteiger partial charge is 0.0971 e. The molecular formula is C41H25N5. The SMILES string of the molecule is c1ccc(-c2nc3cc(-c4cc(-c5cccnc5)cc(-c5cccnc5)c4)ccc3c3c4cccnc4c4ncccc4c23)cc1. The lowest BCUT2D eigenvalue weighted by atomic mass is 9.91. The molecule has 4 aromatic carbocycles. The minimum atomic E-state index is 0.885. The third-order valence-corrected chi connectivity index (χ3v) is 8.67. The lowest BCUT2D eigenvalue weighted by Crippen LogP contribution is -1.95. The van der Waals surface area contributed by atoms with Crippen molar-refractivity contribution in [1.82, 2.24) is 24.9 Å². The molecule has 0 aliphatic carbocycles. The maximum absolute atomic E-state index is 5.41. The highest BCUT2D eigenvalue weighted by Crippen LogP contribution is 2.42. The van der Waals surface area contributed by atoms with Crippen LogP contribution in [0.15, 0.2) is 152 Å². The fourth-order valence-electron chi connectivity index (χ4n) is 6.58. The summed E-state index contributed by atoms with van der Waals surface area (Å²) in [7, 11) is 0. The van der Waals surface area contributed by atoms with E-state index in [9.17, 15) is 0 Å². The van der Waals surface area contributed by atoms with E-state index in [1.165, 1.54) is 0 Å². The van der Waals surface area contributed by atoms with E-state index in [1.54, 1.807) is 12.4 Å². The van der Waals surface area contributed by atoms with Gasteiger partial charge >= 0.3 is 0 Å². The first-order chi connectivity index (χ1) is 22.8. The van der Waals surface area contributed by atoms with Gasteiger partial charge in [0, 0.05) is 80.8 Å². The van der Waals surface area contributed by atoms with E-state index < -0.39 is 0 Å². The average molecular weight is 588 g/mol. The normalized spacial score (nSPS) is 11.5. The van der Waals surface area contributed by atoms with E-state index >= 15 is 0 Å². The molecular weight excluding hydrogens is 562 g/mol. The molecule has 0 fully saturated rings. The van der Waals surface area contributed by atoms with E-state index in [0.29, 0.717) is 0 Å². The standard InChI is InChI=1S/C41H25N5/c1-2-8-26(9-3-1)39-38-35-13-7-19-45-41(35)40-34(12-6-18-44-40)37(38)33-15-14-27(23-36(33)46-39)30-20-31(28-10-4-16-42-24-28)22-32(21-30)29-11-5-17-43-25-29/h1-25H. The van der Waals surface area contributed by atoms with Gasteiger partial charge in [-0.2, -0.15) is 0 Å². The predicted molar refractivity (Wildman–Crippen MR) is 187 cm³/mol. The van der Waals surface area contributed by atoms with E-state index in [4.69, 9.17) is 15.0 Å². The number of benzene rings is 4. The topological polar surface area (TPSA) is 64.5 Å². The highest BCUT2D eigenvalue weighted by Gasteiger charge is 2.19. The molecule has 5 heteroatoms. The number of hydrogen-bond donors (Lipinski definition) is 0. The van der Waals surface area contributed by atoms with E-state index in [2.05, 4.69) is 94.9 Å². The van der Waals surface area contributed by atoms with Crippen LogP contribution < -0.4 is 0 Å². The van der Waals surface area contributed by atoms with Crippen molar-refractivity contribution in [1.29, 1.82) is 0 Å². The van der Waals surface area contributed by atoms with Crippen LogP contribution in [0.5, 0.6) is 0 Å². The van der Waals surface area contributed by atoms with Crippen LogP contribution in [0.2, 0.25) is 0 Å². The molecule has 5 heterocycles. The quantitative estimate of drug-likeness (QED) is 0.192. The van der Waals surface area contributed by atoms with Gasteiger partial charge in [-0.05, 0) is 70.8 Å². The average Bonchev–Trinajstić information content (AvgIpc) is 3.15. The Morgan fingerprint density at radius 3 is 1.54 bits per heavy atom. The van der Waals surface area contributed by atoms with Gasteiger partial charge in [-0.15, -0.1) is 0 Å². The molecule has 5 aromatic heterocycles. The van der Waals surface area contributed by atoms with Gasteiger partial charge in [0.05, 0.1) is 22.2 Å². The summed E-state index contributed by atoms with van der Waals surface area (Å²) < 4.78 is 0. The number of fused-ring (bicyclic) bond motifs is 8. The zero-order chi connectivity index (χ0) is 30.5. The van der Waals surface area contributed by atoms with Gasteiger partial charge in [-0.1, -0.05) is 66.7 Å². The molecule has 9 rings (SSSR count). The van der Waals surface area contributed by atoms with Gasteiger partial charge in [0.25, 0.3) is 0 Å². The molecule has 9 aromatic rings. The molecule has 0 spiro atoms. The van der Waals surface area contributed by atoms with Crippen LogP contribution in [-0.2, 0) is 0 Å². The van der Waals surface area contributed by atoms with Crippen LogP contribution in [0.3, 0.4) is 0 Å². The van der Waals surface area contributed by atoms with Crippen LogP contribution in [-0.4, -0.2) is 24.9 Å². The molecule has 214 valence electrons. The maximum atomic E-state index is 5.41. The Morgan fingerprint density at radius 1 is 0.370 bits per heavy atom. The van der Waals surface area contributed by atoms with Crippen molar-refractivity contribution in [3.63, 3.8) is 0 Å². The first-order valence-electron chi connectivity index (χ1n) is 15.2. The molecule has 0 unspecified atom stereocenters. The fraction of sp³-hybridized carbons (Fsp3) is 0. The van der Waals surface area contributed by atoms with Gasteiger partial charge < -0.3 is 0 Å². The van der Waals surface area contributed by atoms with Crippen molar-refractivity contribution >= 4 is 43.5 Å². The van der Waals surface area contributed by atoms with Crippen LogP contribution in [0.25, 0.3) is 88.1 Å². The van der Waals surface area contributed by atoms with Gasteiger partial charge in [0.2, 0.25) is 0 Å². The Hall–Kier alpha value is -6.33. The highest BCUT2D eigenvalue weighted by atomic mass is 14.7. The fourth-order valence-corrected chi connectivity index (χ4v) is 6.58. The molecule has 0 aliphatic rings. The van der Waals surface area contributed by atoms with Crippen LogP contribution >= 0.6 is 0 Å². The van der Waals surface area contributed by atoms with Crippen molar-refractivity contribution in [2.24, 2.45) is 0 Å². The number of hydrogen-bond acceptors (Lipinski definition) is 5. The maximum Gasteiger partial charge on any atom is 0.0971 e. The number of nitrogens with zero attached hydrogens (tertiary/aromatic N) is 5. The number of aromatic nitrogens is 5. The zero-order valence-electron chi connectivity index (χ0n) is 24.7. The summed E-state index contributed by atoms with van der Waals surface area (Å²) in [6.45, 7) is 0. The predicted octanol–water partition coefficient (Wildman–Crippen LogP) is 9.94. The molecule has 5 nitrogen and oxygen atoms in total. The van der Waals surface area contributed by atoms with Crippen LogP contribution in [0, 0.1) is 0 Å². The lowest BCUT2D eigenvalue weighted by Gasteiger charge is -2.16. The Bertz CT molecular complexity index is 2510. The molecule has 0 atom stereocenters. The van der Waals surface area contributed by atoms with E-state index in [1.807, 2.05) is 55.1 Å². The second kappa shape index (κ2) is 10.7. The van der Waals surface area contributed by atoms with Gasteiger partial charge in [-0.3, -0.25) is 19.9 Å². The Labute approximate surface area is 264 Å². The molecule has 0 saturated carbocycles. The van der Waals surface area contributed by atoms with Crippen LogP contribution in [0.1, 0.15) is 0 Å². The van der Waals surface area contributed by atoms with Crippen molar-refractivity contribution in [3.05, 3.63) is 152 Å². The third-order valence-electron chi connectivity index (χ3n) is 8.67. The van der Waals surface area contributed by atoms with Crippen molar-refractivity contribution in [2.75, 3.05) is 0 Å². The second-order valence-corrected chi connectivity index (χ2v) is 11.4. The molecule has 0 aliphatic heterocycles. The van der Waals surface area contributed by atoms with Gasteiger partial charge in [0.15, 0.2) is 0 Å². The second-order valence-electron chi connectivity index (χ2n) is 11.4. The molecule has 0 amide bonds. The largest absolute Gasteiger partial charge is 0.264 e. The third kappa shape index (κ3) is 4.29. The number of pyridine rings is 5. The Kier molecular flexibility index (Phi) is 6.06. The summed E-state index contributed by atoms with van der Waals surface area (Å²) in [5, 5.41) is 5.43. The summed E-state index contributed by atoms with van der Waals surface area (Å²) >= 11 is 0. The van der Waals surface area contributed by atoms with Crippen molar-refractivity contribution in [2.45, 2.75) is 0 Å². The van der Waals surface area contributed by atoms with E-state index in [0.717, 1.165) is 88.1 Å². The van der Waals surface area contributed by atoms with Crippen molar-refractivity contribution in [3.8, 4) is 44.6 Å².